The Hall–Kier alpha value is -1.83. The molecule has 0 aliphatic carbocycles. The monoisotopic (exact) mass is 314 g/mol. The van der Waals surface area contributed by atoms with Crippen LogP contribution in [0.2, 0.25) is 0 Å². The quantitative estimate of drug-likeness (QED) is 0.833. The zero-order chi connectivity index (χ0) is 15.8. The van der Waals surface area contributed by atoms with Crippen molar-refractivity contribution in [1.82, 2.24) is 30.0 Å². The molecule has 0 unspecified atom stereocenters. The summed E-state index contributed by atoms with van der Waals surface area (Å²) < 4.78 is 7.77. The first-order valence-electron chi connectivity index (χ1n) is 8.13. The van der Waals surface area contributed by atoms with E-state index in [0.717, 1.165) is 37.8 Å². The van der Waals surface area contributed by atoms with E-state index in [2.05, 4.69) is 39.3 Å². The molecule has 0 N–H and O–H groups in total. The van der Waals surface area contributed by atoms with Gasteiger partial charge in [0.15, 0.2) is 5.82 Å². The van der Waals surface area contributed by atoms with Gasteiger partial charge >= 0.3 is 0 Å². The number of nitrogens with zero attached hydrogens (tertiary/aromatic N) is 6. The Morgan fingerprint density at radius 2 is 2.04 bits per heavy atom. The zero-order valence-corrected chi connectivity index (χ0v) is 13.5. The first-order chi connectivity index (χ1) is 11.2. The van der Waals surface area contributed by atoms with Crippen molar-refractivity contribution < 1.29 is 4.74 Å². The minimum atomic E-state index is 0.146. The first kappa shape index (κ1) is 14.7. The fourth-order valence-corrected chi connectivity index (χ4v) is 3.57. The van der Waals surface area contributed by atoms with Crippen LogP contribution in [0.1, 0.15) is 18.8 Å². The van der Waals surface area contributed by atoms with Crippen molar-refractivity contribution in [3.63, 3.8) is 0 Å². The summed E-state index contributed by atoms with van der Waals surface area (Å²) >= 11 is 0. The van der Waals surface area contributed by atoms with Gasteiger partial charge in [0.2, 0.25) is 0 Å². The van der Waals surface area contributed by atoms with Crippen LogP contribution in [0.5, 0.6) is 0 Å². The molecule has 0 saturated carbocycles. The Labute approximate surface area is 135 Å². The van der Waals surface area contributed by atoms with Crippen LogP contribution in [0.25, 0.3) is 5.69 Å². The molecule has 3 atom stereocenters. The molecule has 0 spiro atoms. The van der Waals surface area contributed by atoms with Gasteiger partial charge in [0, 0.05) is 25.7 Å². The molecule has 4 rings (SSSR count). The maximum Gasteiger partial charge on any atom is 0.173 e. The molecule has 0 amide bonds. The standard InChI is InChI=1S/C16H22N6O/c1-12(21-10-14-15(11-21)23-9-8-20(14)2)16-17-18-19-22(16)13-6-4-3-5-7-13/h3-7,12,14-15H,8-11H2,1-2H3/t12-,14-,15-/m1/s1. The predicted octanol–water partition coefficient (Wildman–Crippen LogP) is 0.738. The highest BCUT2D eigenvalue weighted by Crippen LogP contribution is 2.29. The fraction of sp³-hybridized carbons (Fsp3) is 0.562. The van der Waals surface area contributed by atoms with Gasteiger partial charge in [-0.05, 0) is 36.5 Å². The summed E-state index contributed by atoms with van der Waals surface area (Å²) in [6, 6.07) is 10.6. The number of fused-ring (bicyclic) bond motifs is 1. The molecule has 2 saturated heterocycles. The lowest BCUT2D eigenvalue weighted by Gasteiger charge is -2.33. The molecule has 7 heteroatoms. The molecule has 0 bridgehead atoms. The number of likely N-dealkylation sites (N-methyl/N-ethyl adjacent to an activating group) is 1. The predicted molar refractivity (Wildman–Crippen MR) is 85.3 cm³/mol. The lowest BCUT2D eigenvalue weighted by atomic mass is 10.1. The van der Waals surface area contributed by atoms with E-state index in [-0.39, 0.29) is 12.1 Å². The lowest BCUT2D eigenvalue weighted by Crippen LogP contribution is -2.48. The number of likely N-dealkylation sites (tertiary alicyclic amines) is 1. The van der Waals surface area contributed by atoms with Crippen LogP contribution >= 0.6 is 0 Å². The molecule has 23 heavy (non-hydrogen) atoms. The highest BCUT2D eigenvalue weighted by atomic mass is 16.5. The smallest absolute Gasteiger partial charge is 0.173 e. The second-order valence-corrected chi connectivity index (χ2v) is 6.37. The number of rotatable bonds is 3. The summed E-state index contributed by atoms with van der Waals surface area (Å²) in [5.41, 5.74) is 0.990. The molecule has 0 radical (unpaired) electrons. The normalized spacial score (nSPS) is 27.0. The van der Waals surface area contributed by atoms with E-state index in [1.54, 1.807) is 0 Å². The minimum absolute atomic E-state index is 0.146. The minimum Gasteiger partial charge on any atom is -0.374 e. The summed E-state index contributed by atoms with van der Waals surface area (Å²) in [5.74, 6) is 0.873. The van der Waals surface area contributed by atoms with Crippen LogP contribution in [0.3, 0.4) is 0 Å². The number of hydrogen-bond donors (Lipinski definition) is 0. The summed E-state index contributed by atoms with van der Waals surface area (Å²) in [5, 5.41) is 12.3. The SMILES string of the molecule is C[C@H](c1nnnn1-c1ccccc1)N1C[C@@H]2[C@@H](C1)OCCN2C. The third-order valence-corrected chi connectivity index (χ3v) is 5.02. The van der Waals surface area contributed by atoms with Gasteiger partial charge in [-0.1, -0.05) is 18.2 Å². The second-order valence-electron chi connectivity index (χ2n) is 6.37. The van der Waals surface area contributed by atoms with Gasteiger partial charge in [0.05, 0.1) is 24.4 Å². The highest BCUT2D eigenvalue weighted by Gasteiger charge is 2.41. The Bertz CT molecular complexity index is 660. The Balaban J connectivity index is 1.57. The number of aromatic nitrogens is 4. The van der Waals surface area contributed by atoms with Crippen LogP contribution in [-0.4, -0.2) is 75.4 Å². The number of hydrogen-bond acceptors (Lipinski definition) is 6. The molecule has 7 nitrogen and oxygen atoms in total. The van der Waals surface area contributed by atoms with E-state index in [1.807, 2.05) is 35.0 Å². The maximum atomic E-state index is 5.94. The van der Waals surface area contributed by atoms with Crippen LogP contribution in [0, 0.1) is 0 Å². The molecule has 122 valence electrons. The molecule has 3 heterocycles. The van der Waals surface area contributed by atoms with Crippen molar-refractivity contribution in [2.75, 3.05) is 33.3 Å². The molecule has 2 fully saturated rings. The van der Waals surface area contributed by atoms with E-state index in [0.29, 0.717) is 6.04 Å². The van der Waals surface area contributed by atoms with Crippen LogP contribution < -0.4 is 0 Å². The van der Waals surface area contributed by atoms with Gasteiger partial charge in [0.25, 0.3) is 0 Å². The van der Waals surface area contributed by atoms with Crippen molar-refractivity contribution >= 4 is 0 Å². The summed E-state index contributed by atoms with van der Waals surface area (Å²) in [7, 11) is 2.18. The largest absolute Gasteiger partial charge is 0.374 e. The third kappa shape index (κ3) is 2.65. The first-order valence-corrected chi connectivity index (χ1v) is 8.13. The molecular formula is C16H22N6O. The van der Waals surface area contributed by atoms with Crippen LogP contribution in [0.4, 0.5) is 0 Å². The van der Waals surface area contributed by atoms with Crippen molar-refractivity contribution in [2.24, 2.45) is 0 Å². The maximum absolute atomic E-state index is 5.94. The van der Waals surface area contributed by atoms with E-state index in [9.17, 15) is 0 Å². The highest BCUT2D eigenvalue weighted by molar-refractivity contribution is 5.31. The van der Waals surface area contributed by atoms with Gasteiger partial charge in [-0.15, -0.1) is 5.10 Å². The third-order valence-electron chi connectivity index (χ3n) is 5.02. The molecule has 2 aliphatic heterocycles. The molecule has 1 aromatic carbocycles. The van der Waals surface area contributed by atoms with Crippen LogP contribution in [-0.2, 0) is 4.74 Å². The summed E-state index contributed by atoms with van der Waals surface area (Å²) in [6.07, 6.45) is 0.289. The Kier molecular flexibility index (Phi) is 3.84. The average molecular weight is 314 g/mol. The van der Waals surface area contributed by atoms with E-state index < -0.39 is 0 Å². The zero-order valence-electron chi connectivity index (χ0n) is 13.5. The molecular weight excluding hydrogens is 292 g/mol. The van der Waals surface area contributed by atoms with E-state index in [4.69, 9.17) is 4.74 Å². The van der Waals surface area contributed by atoms with E-state index >= 15 is 0 Å². The summed E-state index contributed by atoms with van der Waals surface area (Å²) in [6.45, 7) is 5.91. The molecule has 2 aliphatic rings. The molecule has 2 aromatic rings. The number of morpholine rings is 1. The van der Waals surface area contributed by atoms with Gasteiger partial charge in [-0.3, -0.25) is 9.80 Å². The summed E-state index contributed by atoms with van der Waals surface area (Å²) in [4.78, 5) is 4.82. The number of benzene rings is 1. The van der Waals surface area contributed by atoms with Gasteiger partial charge < -0.3 is 4.74 Å². The Morgan fingerprint density at radius 1 is 1.22 bits per heavy atom. The van der Waals surface area contributed by atoms with Crippen molar-refractivity contribution in [3.05, 3.63) is 36.2 Å². The van der Waals surface area contributed by atoms with Gasteiger partial charge in [-0.25, -0.2) is 0 Å². The topological polar surface area (TPSA) is 59.3 Å². The fourth-order valence-electron chi connectivity index (χ4n) is 3.57. The Morgan fingerprint density at radius 3 is 2.83 bits per heavy atom. The van der Waals surface area contributed by atoms with Crippen molar-refractivity contribution in [1.29, 1.82) is 0 Å². The lowest BCUT2D eigenvalue weighted by molar-refractivity contribution is -0.0372. The number of tetrazole rings is 1. The van der Waals surface area contributed by atoms with Crippen molar-refractivity contribution in [2.45, 2.75) is 25.1 Å². The van der Waals surface area contributed by atoms with Crippen molar-refractivity contribution in [3.8, 4) is 5.69 Å². The number of ether oxygens (including phenoxy) is 1. The van der Waals surface area contributed by atoms with E-state index in [1.165, 1.54) is 0 Å². The van der Waals surface area contributed by atoms with Gasteiger partial charge in [-0.2, -0.15) is 4.68 Å². The van der Waals surface area contributed by atoms with Gasteiger partial charge in [0.1, 0.15) is 0 Å². The average Bonchev–Trinajstić information content (AvgIpc) is 3.23. The molecule has 1 aromatic heterocycles. The number of para-hydroxylation sites is 1. The second kappa shape index (κ2) is 5.99. The van der Waals surface area contributed by atoms with Crippen LogP contribution in [0.15, 0.2) is 30.3 Å².